The molecule has 0 aliphatic carbocycles. The van der Waals surface area contributed by atoms with Crippen LogP contribution in [-0.4, -0.2) is 4.57 Å². The highest BCUT2D eigenvalue weighted by Gasteiger charge is 2.20. The molecule has 2 aromatic heterocycles. The molecule has 53 heavy (non-hydrogen) atoms. The minimum Gasteiger partial charge on any atom is -0.311 e. The van der Waals surface area contributed by atoms with Crippen molar-refractivity contribution in [2.24, 2.45) is 0 Å². The third-order valence-corrected chi connectivity index (χ3v) is 11.9. The van der Waals surface area contributed by atoms with Crippen molar-refractivity contribution in [1.82, 2.24) is 4.57 Å². The zero-order chi connectivity index (χ0) is 34.9. The van der Waals surface area contributed by atoms with Gasteiger partial charge in [0.1, 0.15) is 0 Å². The molecule has 0 fully saturated rings. The van der Waals surface area contributed by atoms with E-state index in [0.717, 1.165) is 17.1 Å². The van der Waals surface area contributed by atoms with Crippen molar-refractivity contribution in [2.45, 2.75) is 0 Å². The van der Waals surface area contributed by atoms with Gasteiger partial charge < -0.3 is 9.47 Å². The van der Waals surface area contributed by atoms with Crippen LogP contribution in [0.3, 0.4) is 0 Å². The normalized spacial score (nSPS) is 11.8. The standard InChI is InChI=1S/C50H32N2S/c1-4-12-36(13-5-1)51(37-14-6-2-7-15-37)39-25-20-33(21-26-39)46-30-31-47(53-46)40-27-22-34-23-29-43-49-35(24-28-41(40)48(34)49)32-45-50(43)42-18-10-11-19-44(42)52(45)38-16-8-3-9-17-38/h1-32H. The van der Waals surface area contributed by atoms with E-state index in [1.807, 2.05) is 11.3 Å². The van der Waals surface area contributed by atoms with E-state index in [-0.39, 0.29) is 0 Å². The molecule has 0 aliphatic heterocycles. The lowest BCUT2D eigenvalue weighted by Gasteiger charge is -2.25. The van der Waals surface area contributed by atoms with Crippen LogP contribution in [0.5, 0.6) is 0 Å². The van der Waals surface area contributed by atoms with Crippen LogP contribution in [0.25, 0.3) is 80.7 Å². The lowest BCUT2D eigenvalue weighted by molar-refractivity contribution is 1.18. The molecule has 0 spiro atoms. The van der Waals surface area contributed by atoms with Crippen LogP contribution in [0.1, 0.15) is 0 Å². The van der Waals surface area contributed by atoms with Gasteiger partial charge >= 0.3 is 0 Å². The number of hydrogen-bond acceptors (Lipinski definition) is 2. The molecule has 0 saturated heterocycles. The molecule has 9 aromatic carbocycles. The monoisotopic (exact) mass is 692 g/mol. The van der Waals surface area contributed by atoms with Gasteiger partial charge in [0.2, 0.25) is 0 Å². The molecule has 0 saturated carbocycles. The summed E-state index contributed by atoms with van der Waals surface area (Å²) in [6.07, 6.45) is 0. The molecule has 0 atom stereocenters. The lowest BCUT2D eigenvalue weighted by atomic mass is 9.90. The van der Waals surface area contributed by atoms with E-state index in [2.05, 4.69) is 204 Å². The molecule has 0 amide bonds. The fraction of sp³-hybridized carbons (Fsp3) is 0. The maximum Gasteiger partial charge on any atom is 0.0553 e. The molecule has 0 bridgehead atoms. The summed E-state index contributed by atoms with van der Waals surface area (Å²) in [6.45, 7) is 0. The Labute approximate surface area is 311 Å². The van der Waals surface area contributed by atoms with Crippen molar-refractivity contribution in [3.8, 4) is 26.6 Å². The van der Waals surface area contributed by atoms with Crippen LogP contribution in [0.15, 0.2) is 194 Å². The second-order valence-electron chi connectivity index (χ2n) is 13.7. The number of para-hydroxylation sites is 4. The van der Waals surface area contributed by atoms with Crippen LogP contribution >= 0.6 is 11.3 Å². The van der Waals surface area contributed by atoms with Gasteiger partial charge in [-0.1, -0.05) is 121 Å². The van der Waals surface area contributed by atoms with Gasteiger partial charge in [0.25, 0.3) is 0 Å². The van der Waals surface area contributed by atoms with E-state index >= 15 is 0 Å². The SMILES string of the molecule is c1ccc(N(c2ccccc2)c2ccc(-c3ccc(-c4ccc5ccc6c7c(ccc4c57)cc4c6c5ccccc5n4-c4ccccc4)s3)cc2)cc1. The van der Waals surface area contributed by atoms with E-state index in [1.54, 1.807) is 0 Å². The van der Waals surface area contributed by atoms with Gasteiger partial charge in [-0.25, -0.2) is 0 Å². The summed E-state index contributed by atoms with van der Waals surface area (Å²) < 4.78 is 2.42. The molecule has 0 unspecified atom stereocenters. The first-order valence-corrected chi connectivity index (χ1v) is 18.9. The smallest absolute Gasteiger partial charge is 0.0553 e. The molecule has 0 N–H and O–H groups in total. The van der Waals surface area contributed by atoms with Crippen molar-refractivity contribution in [1.29, 1.82) is 0 Å². The van der Waals surface area contributed by atoms with Gasteiger partial charge in [-0.05, 0) is 116 Å². The van der Waals surface area contributed by atoms with Gasteiger partial charge in [-0.2, -0.15) is 0 Å². The molecular weight excluding hydrogens is 661 g/mol. The Morgan fingerprint density at radius 3 is 1.72 bits per heavy atom. The quantitative estimate of drug-likeness (QED) is 0.158. The average Bonchev–Trinajstić information content (AvgIpc) is 3.85. The number of anilines is 3. The fourth-order valence-electron chi connectivity index (χ4n) is 8.41. The minimum absolute atomic E-state index is 1.13. The van der Waals surface area contributed by atoms with Crippen LogP contribution in [0.4, 0.5) is 17.1 Å². The summed E-state index contributed by atoms with van der Waals surface area (Å²) in [5, 5.41) is 10.5. The first-order chi connectivity index (χ1) is 26.3. The second-order valence-corrected chi connectivity index (χ2v) is 14.8. The summed E-state index contributed by atoms with van der Waals surface area (Å²) in [4.78, 5) is 4.85. The van der Waals surface area contributed by atoms with E-state index in [1.165, 1.54) is 80.7 Å². The number of rotatable bonds is 6. The molecular formula is C50H32N2S. The molecule has 2 heterocycles. The Kier molecular flexibility index (Phi) is 6.76. The van der Waals surface area contributed by atoms with Crippen molar-refractivity contribution < 1.29 is 0 Å². The highest BCUT2D eigenvalue weighted by atomic mass is 32.1. The van der Waals surface area contributed by atoms with Gasteiger partial charge in [0.05, 0.1) is 11.0 Å². The second kappa shape index (κ2) is 11.9. The number of benzene rings is 9. The maximum absolute atomic E-state index is 2.42. The summed E-state index contributed by atoms with van der Waals surface area (Å²) in [5.74, 6) is 0. The Morgan fingerprint density at radius 2 is 0.962 bits per heavy atom. The number of thiophene rings is 1. The van der Waals surface area contributed by atoms with Crippen LogP contribution in [-0.2, 0) is 0 Å². The predicted octanol–water partition coefficient (Wildman–Crippen LogP) is 14.5. The fourth-order valence-corrected chi connectivity index (χ4v) is 9.47. The average molecular weight is 693 g/mol. The lowest BCUT2D eigenvalue weighted by Crippen LogP contribution is -2.09. The Morgan fingerprint density at radius 1 is 0.377 bits per heavy atom. The first-order valence-electron chi connectivity index (χ1n) is 18.1. The topological polar surface area (TPSA) is 8.17 Å². The summed E-state index contributed by atoms with van der Waals surface area (Å²) in [7, 11) is 0. The van der Waals surface area contributed by atoms with Crippen molar-refractivity contribution in [3.05, 3.63) is 194 Å². The number of aromatic nitrogens is 1. The van der Waals surface area contributed by atoms with E-state index in [0.29, 0.717) is 0 Å². The minimum atomic E-state index is 1.13. The molecule has 0 aliphatic rings. The van der Waals surface area contributed by atoms with E-state index in [4.69, 9.17) is 0 Å². The predicted molar refractivity (Wildman–Crippen MR) is 228 cm³/mol. The largest absolute Gasteiger partial charge is 0.311 e. The molecule has 11 rings (SSSR count). The molecule has 0 radical (unpaired) electrons. The molecule has 248 valence electrons. The number of hydrogen-bond donors (Lipinski definition) is 0. The zero-order valence-electron chi connectivity index (χ0n) is 28.8. The highest BCUT2D eigenvalue weighted by Crippen LogP contribution is 2.46. The van der Waals surface area contributed by atoms with Gasteiger partial charge in [0, 0.05) is 43.3 Å². The first kappa shape index (κ1) is 30.0. The Hall–Kier alpha value is -6.68. The molecule has 2 nitrogen and oxygen atoms in total. The van der Waals surface area contributed by atoms with E-state index < -0.39 is 0 Å². The Bertz CT molecular complexity index is 3050. The molecule has 3 heteroatoms. The third-order valence-electron chi connectivity index (χ3n) is 10.7. The Balaban J connectivity index is 1.03. The summed E-state index contributed by atoms with van der Waals surface area (Å²) in [6, 6.07) is 70.7. The van der Waals surface area contributed by atoms with Crippen LogP contribution in [0.2, 0.25) is 0 Å². The van der Waals surface area contributed by atoms with Crippen molar-refractivity contribution in [2.75, 3.05) is 4.90 Å². The van der Waals surface area contributed by atoms with Crippen molar-refractivity contribution >= 4 is 82.5 Å². The van der Waals surface area contributed by atoms with E-state index in [9.17, 15) is 0 Å². The van der Waals surface area contributed by atoms with Crippen LogP contribution in [0, 0.1) is 0 Å². The zero-order valence-corrected chi connectivity index (χ0v) is 29.6. The third kappa shape index (κ3) is 4.71. The van der Waals surface area contributed by atoms with Crippen LogP contribution < -0.4 is 4.90 Å². The highest BCUT2D eigenvalue weighted by molar-refractivity contribution is 7.18. The number of fused-ring (bicyclic) bond motifs is 4. The number of nitrogens with zero attached hydrogens (tertiary/aromatic N) is 2. The maximum atomic E-state index is 2.42. The van der Waals surface area contributed by atoms with Gasteiger partial charge in [0.15, 0.2) is 0 Å². The van der Waals surface area contributed by atoms with Crippen molar-refractivity contribution in [3.63, 3.8) is 0 Å². The summed E-state index contributed by atoms with van der Waals surface area (Å²) >= 11 is 1.86. The molecule has 11 aromatic rings. The summed E-state index contributed by atoms with van der Waals surface area (Å²) in [5.41, 5.74) is 9.58. The van der Waals surface area contributed by atoms with Gasteiger partial charge in [-0.3, -0.25) is 0 Å². The van der Waals surface area contributed by atoms with Gasteiger partial charge in [-0.15, -0.1) is 11.3 Å².